The minimum absolute atomic E-state index is 0.0355. The summed E-state index contributed by atoms with van der Waals surface area (Å²) in [6.07, 6.45) is 2.41. The molecule has 1 aliphatic carbocycles. The van der Waals surface area contributed by atoms with Crippen molar-refractivity contribution in [2.75, 3.05) is 7.11 Å². The number of ether oxygens (including phenoxy) is 1. The van der Waals surface area contributed by atoms with Gasteiger partial charge in [0.2, 0.25) is 0 Å². The van der Waals surface area contributed by atoms with Gasteiger partial charge >= 0.3 is 0 Å². The number of ketones is 1. The molecule has 2 aromatic carbocycles. The number of rotatable bonds is 3. The second kappa shape index (κ2) is 6.63. The van der Waals surface area contributed by atoms with Crippen molar-refractivity contribution in [2.45, 2.75) is 6.42 Å². The van der Waals surface area contributed by atoms with Gasteiger partial charge in [0.05, 0.1) is 28.5 Å². The molecule has 4 nitrogen and oxygen atoms in total. The van der Waals surface area contributed by atoms with Crippen LogP contribution in [0.4, 0.5) is 0 Å². The number of benzene rings is 2. The highest BCUT2D eigenvalue weighted by atomic mass is 35.5. The standard InChI is InChI=1S/C20H14Cl2N2O2/c1-26-15-3-4-16-12(8-15)6-13(20(16)25)7-14-10-19(24-23-14)11-2-5-17(21)18(22)9-11/h2-5,7-10H,6H2,1H3,(H,23,24)/b13-7+. The van der Waals surface area contributed by atoms with Crippen LogP contribution in [-0.2, 0) is 6.42 Å². The van der Waals surface area contributed by atoms with E-state index in [2.05, 4.69) is 10.2 Å². The second-order valence-corrected chi connectivity index (χ2v) is 6.85. The minimum atomic E-state index is 0.0355. The first-order valence-electron chi connectivity index (χ1n) is 7.98. The number of fused-ring (bicyclic) bond motifs is 1. The zero-order valence-electron chi connectivity index (χ0n) is 13.8. The smallest absolute Gasteiger partial charge is 0.189 e. The number of carbonyl (C=O) groups excluding carboxylic acids is 1. The number of hydrogen-bond acceptors (Lipinski definition) is 3. The highest BCUT2D eigenvalue weighted by Gasteiger charge is 2.25. The van der Waals surface area contributed by atoms with Crippen LogP contribution >= 0.6 is 23.2 Å². The van der Waals surface area contributed by atoms with Crippen molar-refractivity contribution in [1.29, 1.82) is 0 Å². The number of allylic oxidation sites excluding steroid dienone is 1. The van der Waals surface area contributed by atoms with Crippen LogP contribution in [0.15, 0.2) is 48.0 Å². The average molecular weight is 385 g/mol. The summed E-state index contributed by atoms with van der Waals surface area (Å²) < 4.78 is 5.23. The molecule has 0 unspecified atom stereocenters. The molecule has 26 heavy (non-hydrogen) atoms. The first-order valence-corrected chi connectivity index (χ1v) is 8.74. The Morgan fingerprint density at radius 1 is 1.12 bits per heavy atom. The monoisotopic (exact) mass is 384 g/mol. The Balaban J connectivity index is 1.63. The molecule has 0 saturated heterocycles. The van der Waals surface area contributed by atoms with Gasteiger partial charge in [-0.2, -0.15) is 5.10 Å². The summed E-state index contributed by atoms with van der Waals surface area (Å²) in [5, 5.41) is 8.23. The fourth-order valence-electron chi connectivity index (χ4n) is 3.04. The van der Waals surface area contributed by atoms with Crippen molar-refractivity contribution < 1.29 is 9.53 Å². The largest absolute Gasteiger partial charge is 0.497 e. The van der Waals surface area contributed by atoms with Crippen LogP contribution in [0, 0.1) is 0 Å². The Kier molecular flexibility index (Phi) is 4.31. The molecule has 0 radical (unpaired) electrons. The van der Waals surface area contributed by atoms with Crippen molar-refractivity contribution >= 4 is 35.1 Å². The van der Waals surface area contributed by atoms with Gasteiger partial charge in [0.1, 0.15) is 5.75 Å². The minimum Gasteiger partial charge on any atom is -0.497 e. The zero-order chi connectivity index (χ0) is 18.3. The van der Waals surface area contributed by atoms with Gasteiger partial charge in [-0.3, -0.25) is 9.89 Å². The van der Waals surface area contributed by atoms with E-state index < -0.39 is 0 Å². The predicted octanol–water partition coefficient (Wildman–Crippen LogP) is 5.21. The molecule has 0 amide bonds. The van der Waals surface area contributed by atoms with E-state index in [1.807, 2.05) is 30.3 Å². The summed E-state index contributed by atoms with van der Waals surface area (Å²) in [6.45, 7) is 0. The van der Waals surface area contributed by atoms with E-state index in [-0.39, 0.29) is 5.78 Å². The number of aromatic amines is 1. The number of carbonyl (C=O) groups is 1. The zero-order valence-corrected chi connectivity index (χ0v) is 15.4. The molecule has 1 heterocycles. The third-order valence-electron chi connectivity index (χ3n) is 4.37. The van der Waals surface area contributed by atoms with Crippen molar-refractivity contribution in [3.05, 3.63) is 74.9 Å². The van der Waals surface area contributed by atoms with Crippen LogP contribution in [0.2, 0.25) is 10.0 Å². The number of hydrogen-bond donors (Lipinski definition) is 1. The molecule has 3 aromatic rings. The molecule has 0 aliphatic heterocycles. The molecule has 0 saturated carbocycles. The van der Waals surface area contributed by atoms with Gasteiger partial charge in [0.15, 0.2) is 5.78 Å². The first kappa shape index (κ1) is 16.9. The topological polar surface area (TPSA) is 55.0 Å². The van der Waals surface area contributed by atoms with E-state index >= 15 is 0 Å². The number of H-pyrrole nitrogens is 1. The average Bonchev–Trinajstić information content (AvgIpc) is 3.22. The van der Waals surface area contributed by atoms with Gasteiger partial charge in [-0.1, -0.05) is 29.3 Å². The number of methoxy groups -OCH3 is 1. The molecule has 4 rings (SSSR count). The van der Waals surface area contributed by atoms with Gasteiger partial charge in [-0.05, 0) is 48.0 Å². The highest BCUT2D eigenvalue weighted by molar-refractivity contribution is 6.42. The van der Waals surface area contributed by atoms with Gasteiger partial charge in [0, 0.05) is 23.1 Å². The fourth-order valence-corrected chi connectivity index (χ4v) is 3.34. The van der Waals surface area contributed by atoms with Crippen LogP contribution in [-0.4, -0.2) is 23.1 Å². The number of halogens is 2. The van der Waals surface area contributed by atoms with Crippen LogP contribution < -0.4 is 4.74 Å². The van der Waals surface area contributed by atoms with E-state index in [0.717, 1.165) is 39.4 Å². The Hall–Kier alpha value is -2.56. The Labute approximate surface area is 160 Å². The normalized spacial score (nSPS) is 14.7. The molecule has 130 valence electrons. The number of nitrogens with one attached hydrogen (secondary N) is 1. The maximum Gasteiger partial charge on any atom is 0.189 e. The molecule has 0 atom stereocenters. The van der Waals surface area contributed by atoms with Gasteiger partial charge in [-0.25, -0.2) is 0 Å². The van der Waals surface area contributed by atoms with Crippen molar-refractivity contribution in [1.82, 2.24) is 10.2 Å². The SMILES string of the molecule is COc1ccc2c(c1)C/C(=C\c1cc(-c3ccc(Cl)c(Cl)c3)n[nH]1)C2=O. The van der Waals surface area contributed by atoms with Crippen LogP contribution in [0.25, 0.3) is 17.3 Å². The lowest BCUT2D eigenvalue weighted by atomic mass is 10.1. The van der Waals surface area contributed by atoms with Crippen molar-refractivity contribution in [2.24, 2.45) is 0 Å². The van der Waals surface area contributed by atoms with Crippen molar-refractivity contribution in [3.63, 3.8) is 0 Å². The van der Waals surface area contributed by atoms with Gasteiger partial charge in [0.25, 0.3) is 0 Å². The number of Topliss-reactive ketones (excluding diaryl/α,β-unsaturated/α-hetero) is 1. The quantitative estimate of drug-likeness (QED) is 0.630. The van der Waals surface area contributed by atoms with Crippen LogP contribution in [0.5, 0.6) is 5.75 Å². The Morgan fingerprint density at radius 3 is 2.73 bits per heavy atom. The lowest BCUT2D eigenvalue weighted by molar-refractivity contribution is 0.104. The maximum atomic E-state index is 12.6. The summed E-state index contributed by atoms with van der Waals surface area (Å²) >= 11 is 12.0. The third kappa shape index (κ3) is 3.02. The van der Waals surface area contributed by atoms with E-state index in [1.165, 1.54) is 0 Å². The third-order valence-corrected chi connectivity index (χ3v) is 5.11. The molecule has 1 aliphatic rings. The fraction of sp³-hybridized carbons (Fsp3) is 0.100. The molecule has 0 fully saturated rings. The molecular weight excluding hydrogens is 371 g/mol. The van der Waals surface area contributed by atoms with E-state index in [4.69, 9.17) is 27.9 Å². The number of nitrogens with zero attached hydrogens (tertiary/aromatic N) is 1. The molecule has 0 spiro atoms. The van der Waals surface area contributed by atoms with Crippen LogP contribution in [0.3, 0.4) is 0 Å². The molecule has 6 heteroatoms. The van der Waals surface area contributed by atoms with Crippen LogP contribution in [0.1, 0.15) is 21.6 Å². The molecule has 1 N–H and O–H groups in total. The van der Waals surface area contributed by atoms with Gasteiger partial charge < -0.3 is 4.74 Å². The second-order valence-electron chi connectivity index (χ2n) is 6.04. The summed E-state index contributed by atoms with van der Waals surface area (Å²) in [7, 11) is 1.62. The summed E-state index contributed by atoms with van der Waals surface area (Å²) in [4.78, 5) is 12.6. The summed E-state index contributed by atoms with van der Waals surface area (Å²) in [6, 6.07) is 12.7. The molecular formula is C20H14Cl2N2O2. The van der Waals surface area contributed by atoms with Gasteiger partial charge in [-0.15, -0.1) is 0 Å². The Bertz CT molecular complexity index is 1050. The first-order chi connectivity index (χ1) is 12.5. The van der Waals surface area contributed by atoms with E-state index in [1.54, 1.807) is 25.3 Å². The van der Waals surface area contributed by atoms with Crippen molar-refractivity contribution in [3.8, 4) is 17.0 Å². The molecule has 1 aromatic heterocycles. The van der Waals surface area contributed by atoms with E-state index in [0.29, 0.717) is 16.5 Å². The lowest BCUT2D eigenvalue weighted by Gasteiger charge is -2.01. The maximum absolute atomic E-state index is 12.6. The van der Waals surface area contributed by atoms with E-state index in [9.17, 15) is 4.79 Å². The lowest BCUT2D eigenvalue weighted by Crippen LogP contribution is -1.95. The summed E-state index contributed by atoms with van der Waals surface area (Å²) in [5.41, 5.74) is 4.77. The summed E-state index contributed by atoms with van der Waals surface area (Å²) in [5.74, 6) is 0.787. The number of aromatic nitrogens is 2. The predicted molar refractivity (Wildman–Crippen MR) is 103 cm³/mol. The molecule has 0 bridgehead atoms. The Morgan fingerprint density at radius 2 is 1.96 bits per heavy atom. The highest BCUT2D eigenvalue weighted by Crippen LogP contribution is 2.31.